The fourth-order valence-corrected chi connectivity index (χ4v) is 2.81. The first-order valence-electron chi connectivity index (χ1n) is 8.11. The summed E-state index contributed by atoms with van der Waals surface area (Å²) in [6.45, 7) is 2.71. The number of amides is 1. The molecule has 2 aromatic heterocycles. The zero-order valence-electron chi connectivity index (χ0n) is 13.8. The number of anilines is 2. The Balaban J connectivity index is 1.57. The molecule has 8 heteroatoms. The molecule has 1 aliphatic heterocycles. The number of fused-ring (bicyclic) bond motifs is 1. The third-order valence-electron chi connectivity index (χ3n) is 4.18. The van der Waals surface area contributed by atoms with Crippen molar-refractivity contribution in [3.8, 4) is 0 Å². The van der Waals surface area contributed by atoms with Gasteiger partial charge in [0.1, 0.15) is 5.69 Å². The van der Waals surface area contributed by atoms with Gasteiger partial charge in [0.2, 0.25) is 11.9 Å². The topological polar surface area (TPSA) is 85.2 Å². The van der Waals surface area contributed by atoms with Gasteiger partial charge in [-0.05, 0) is 18.2 Å². The van der Waals surface area contributed by atoms with Crippen molar-refractivity contribution in [1.29, 1.82) is 0 Å². The summed E-state index contributed by atoms with van der Waals surface area (Å²) in [5.74, 6) is 0.717. The third kappa shape index (κ3) is 3.03. The van der Waals surface area contributed by atoms with E-state index in [0.29, 0.717) is 30.8 Å². The Morgan fingerprint density at radius 3 is 2.76 bits per heavy atom. The van der Waals surface area contributed by atoms with Gasteiger partial charge in [0.15, 0.2) is 0 Å². The lowest BCUT2D eigenvalue weighted by Gasteiger charge is -2.26. The predicted molar refractivity (Wildman–Crippen MR) is 93.7 cm³/mol. The van der Waals surface area contributed by atoms with Crippen LogP contribution in [0.25, 0.3) is 11.0 Å². The van der Waals surface area contributed by atoms with Crippen molar-refractivity contribution in [2.75, 3.05) is 36.5 Å². The number of carbonyl (C=O) groups excluding carboxylic acids is 1. The van der Waals surface area contributed by atoms with Crippen molar-refractivity contribution in [3.63, 3.8) is 0 Å². The van der Waals surface area contributed by atoms with E-state index in [-0.39, 0.29) is 5.91 Å². The average molecular weight is 338 g/mol. The monoisotopic (exact) mass is 338 g/mol. The molecule has 0 spiro atoms. The van der Waals surface area contributed by atoms with Gasteiger partial charge in [0.25, 0.3) is 5.91 Å². The van der Waals surface area contributed by atoms with E-state index in [1.807, 2.05) is 40.8 Å². The Labute approximate surface area is 144 Å². The number of para-hydroxylation sites is 2. The van der Waals surface area contributed by atoms with Crippen molar-refractivity contribution in [1.82, 2.24) is 19.5 Å². The summed E-state index contributed by atoms with van der Waals surface area (Å²) < 4.78 is 7.18. The van der Waals surface area contributed by atoms with Gasteiger partial charge in [0.05, 0.1) is 24.2 Å². The van der Waals surface area contributed by atoms with Gasteiger partial charge in [0, 0.05) is 26.3 Å². The number of aromatic nitrogens is 4. The van der Waals surface area contributed by atoms with Gasteiger partial charge in [-0.25, -0.2) is 15.0 Å². The lowest BCUT2D eigenvalue weighted by molar-refractivity contribution is 0.102. The lowest BCUT2D eigenvalue weighted by atomic mass is 10.3. The van der Waals surface area contributed by atoms with Crippen LogP contribution in [0, 0.1) is 0 Å². The van der Waals surface area contributed by atoms with Crippen LogP contribution in [0.5, 0.6) is 0 Å². The highest BCUT2D eigenvalue weighted by molar-refractivity contribution is 6.02. The summed E-state index contributed by atoms with van der Waals surface area (Å²) in [4.78, 5) is 27.7. The average Bonchev–Trinajstić information content (AvgIpc) is 2.98. The van der Waals surface area contributed by atoms with E-state index in [0.717, 1.165) is 24.1 Å². The van der Waals surface area contributed by atoms with E-state index < -0.39 is 0 Å². The first-order chi connectivity index (χ1) is 12.2. The molecule has 0 bridgehead atoms. The van der Waals surface area contributed by atoms with E-state index >= 15 is 0 Å². The number of imidazole rings is 1. The molecule has 1 saturated heterocycles. The molecule has 1 aromatic carbocycles. The van der Waals surface area contributed by atoms with Crippen LogP contribution in [-0.2, 0) is 11.8 Å². The van der Waals surface area contributed by atoms with Crippen LogP contribution in [0.1, 0.15) is 10.5 Å². The van der Waals surface area contributed by atoms with Gasteiger partial charge in [-0.2, -0.15) is 0 Å². The molecule has 1 fully saturated rings. The van der Waals surface area contributed by atoms with E-state index in [1.165, 1.54) is 0 Å². The second-order valence-corrected chi connectivity index (χ2v) is 5.78. The Morgan fingerprint density at radius 1 is 1.16 bits per heavy atom. The SMILES string of the molecule is Cn1c(NC(=O)c2ccnc(N3CCOCC3)n2)nc2ccccc21. The highest BCUT2D eigenvalue weighted by Crippen LogP contribution is 2.18. The maximum Gasteiger partial charge on any atom is 0.276 e. The number of hydrogen-bond acceptors (Lipinski definition) is 6. The number of rotatable bonds is 3. The fraction of sp³-hybridized carbons (Fsp3) is 0.294. The maximum atomic E-state index is 12.6. The molecule has 4 rings (SSSR count). The molecule has 3 aromatic rings. The van der Waals surface area contributed by atoms with Crippen LogP contribution in [0.4, 0.5) is 11.9 Å². The number of nitrogens with one attached hydrogen (secondary N) is 1. The normalized spacial score (nSPS) is 14.7. The van der Waals surface area contributed by atoms with E-state index in [4.69, 9.17) is 4.74 Å². The molecule has 0 saturated carbocycles. The summed E-state index contributed by atoms with van der Waals surface area (Å²) >= 11 is 0. The largest absolute Gasteiger partial charge is 0.378 e. The first-order valence-corrected chi connectivity index (χ1v) is 8.11. The Kier molecular flexibility index (Phi) is 4.02. The van der Waals surface area contributed by atoms with Crippen molar-refractivity contribution in [3.05, 3.63) is 42.2 Å². The number of hydrogen-bond donors (Lipinski definition) is 1. The molecular weight excluding hydrogens is 320 g/mol. The second kappa shape index (κ2) is 6.48. The Morgan fingerprint density at radius 2 is 1.96 bits per heavy atom. The summed E-state index contributed by atoms with van der Waals surface area (Å²) in [6, 6.07) is 9.32. The first kappa shape index (κ1) is 15.5. The molecule has 25 heavy (non-hydrogen) atoms. The smallest absolute Gasteiger partial charge is 0.276 e. The van der Waals surface area contributed by atoms with E-state index in [9.17, 15) is 4.79 Å². The minimum absolute atomic E-state index is 0.309. The van der Waals surface area contributed by atoms with Crippen LogP contribution < -0.4 is 10.2 Å². The van der Waals surface area contributed by atoms with Gasteiger partial charge >= 0.3 is 0 Å². The molecule has 3 heterocycles. The number of ether oxygens (including phenoxy) is 1. The summed E-state index contributed by atoms with van der Waals surface area (Å²) in [7, 11) is 1.87. The van der Waals surface area contributed by atoms with Gasteiger partial charge in [-0.1, -0.05) is 12.1 Å². The highest BCUT2D eigenvalue weighted by Gasteiger charge is 2.17. The zero-order chi connectivity index (χ0) is 17.2. The number of aryl methyl sites for hydroxylation is 1. The highest BCUT2D eigenvalue weighted by atomic mass is 16.5. The maximum absolute atomic E-state index is 12.6. The molecular formula is C17H18N6O2. The molecule has 0 unspecified atom stereocenters. The molecule has 0 aliphatic carbocycles. The van der Waals surface area contributed by atoms with Crippen LogP contribution in [-0.4, -0.2) is 51.7 Å². The number of carbonyl (C=O) groups is 1. The Bertz CT molecular complexity index is 916. The van der Waals surface area contributed by atoms with Crippen molar-refractivity contribution >= 4 is 28.8 Å². The van der Waals surface area contributed by atoms with E-state index in [2.05, 4.69) is 20.3 Å². The third-order valence-corrected chi connectivity index (χ3v) is 4.18. The standard InChI is InChI=1S/C17H18N6O2/c1-22-14-5-3-2-4-12(14)19-17(22)21-15(24)13-6-7-18-16(20-13)23-8-10-25-11-9-23/h2-7H,8-11H2,1H3,(H,19,21,24). The lowest BCUT2D eigenvalue weighted by Crippen LogP contribution is -2.37. The zero-order valence-corrected chi connectivity index (χ0v) is 13.8. The van der Waals surface area contributed by atoms with E-state index in [1.54, 1.807) is 12.3 Å². The molecule has 1 N–H and O–H groups in total. The molecule has 1 amide bonds. The quantitative estimate of drug-likeness (QED) is 0.778. The molecule has 1 aliphatic rings. The Hall–Kier alpha value is -3.00. The van der Waals surface area contributed by atoms with Crippen LogP contribution in [0.2, 0.25) is 0 Å². The van der Waals surface area contributed by atoms with Crippen molar-refractivity contribution in [2.24, 2.45) is 7.05 Å². The predicted octanol–water partition coefficient (Wildman–Crippen LogP) is 1.45. The summed E-state index contributed by atoms with van der Waals surface area (Å²) in [5, 5.41) is 2.83. The summed E-state index contributed by atoms with van der Waals surface area (Å²) in [6.07, 6.45) is 1.60. The summed E-state index contributed by atoms with van der Waals surface area (Å²) in [5.41, 5.74) is 2.09. The van der Waals surface area contributed by atoms with Crippen LogP contribution in [0.3, 0.4) is 0 Å². The number of morpholine rings is 1. The number of nitrogens with zero attached hydrogens (tertiary/aromatic N) is 5. The molecule has 8 nitrogen and oxygen atoms in total. The second-order valence-electron chi connectivity index (χ2n) is 5.78. The minimum Gasteiger partial charge on any atom is -0.378 e. The van der Waals surface area contributed by atoms with Gasteiger partial charge in [-0.3, -0.25) is 10.1 Å². The van der Waals surface area contributed by atoms with Crippen molar-refractivity contribution < 1.29 is 9.53 Å². The van der Waals surface area contributed by atoms with Crippen molar-refractivity contribution in [2.45, 2.75) is 0 Å². The molecule has 0 atom stereocenters. The molecule has 0 radical (unpaired) electrons. The van der Waals surface area contributed by atoms with Gasteiger partial charge in [-0.15, -0.1) is 0 Å². The number of benzene rings is 1. The minimum atomic E-state index is -0.310. The van der Waals surface area contributed by atoms with Gasteiger partial charge < -0.3 is 14.2 Å². The van der Waals surface area contributed by atoms with Crippen LogP contribution in [0.15, 0.2) is 36.5 Å². The van der Waals surface area contributed by atoms with Crippen LogP contribution >= 0.6 is 0 Å². The molecule has 128 valence electrons. The fourth-order valence-electron chi connectivity index (χ4n) is 2.81.